The molecule has 0 amide bonds. The van der Waals surface area contributed by atoms with E-state index < -0.39 is 6.61 Å². The summed E-state index contributed by atoms with van der Waals surface area (Å²) in [6.07, 6.45) is 0. The molecule has 0 radical (unpaired) electrons. The second kappa shape index (κ2) is 6.77. The summed E-state index contributed by atoms with van der Waals surface area (Å²) in [4.78, 5) is 0. The van der Waals surface area contributed by atoms with Gasteiger partial charge in [-0.1, -0.05) is 20.8 Å². The Morgan fingerprint density at radius 3 is 2.64 bits per heavy atom. The molecular weight excluding hydrogens is 372 g/mol. The predicted molar refractivity (Wildman–Crippen MR) is 96.0 cm³/mol. The van der Waals surface area contributed by atoms with E-state index in [4.69, 9.17) is 9.47 Å². The third-order valence-electron chi connectivity index (χ3n) is 4.17. The molecule has 3 aromatic rings. The number of nitrogens with zero attached hydrogens (tertiary/aromatic N) is 4. The molecule has 28 heavy (non-hydrogen) atoms. The molecule has 1 N–H and O–H groups in total. The molecule has 10 heteroatoms. The zero-order chi connectivity index (χ0) is 19.9. The molecule has 0 saturated carbocycles. The summed E-state index contributed by atoms with van der Waals surface area (Å²) in [5.74, 6) is 2.14. The van der Waals surface area contributed by atoms with Gasteiger partial charge >= 0.3 is 6.61 Å². The predicted octanol–water partition coefficient (Wildman–Crippen LogP) is 3.36. The maximum Gasteiger partial charge on any atom is 0.387 e. The van der Waals surface area contributed by atoms with E-state index in [2.05, 4.69) is 25.3 Å². The molecule has 1 aromatic carbocycles. The Morgan fingerprint density at radius 1 is 1.18 bits per heavy atom. The second-order valence-electron chi connectivity index (χ2n) is 7.31. The summed E-state index contributed by atoms with van der Waals surface area (Å²) < 4.78 is 42.4. The average molecular weight is 391 g/mol. The lowest BCUT2D eigenvalue weighted by atomic mass is 9.96. The van der Waals surface area contributed by atoms with Gasteiger partial charge in [0.15, 0.2) is 23.0 Å². The van der Waals surface area contributed by atoms with Crippen LogP contribution in [0, 0.1) is 0 Å². The first-order valence-electron chi connectivity index (χ1n) is 8.65. The van der Waals surface area contributed by atoms with E-state index in [0.717, 1.165) is 5.82 Å². The number of aromatic nitrogens is 4. The van der Waals surface area contributed by atoms with Gasteiger partial charge in [0.05, 0.1) is 0 Å². The van der Waals surface area contributed by atoms with E-state index in [9.17, 15) is 8.78 Å². The number of benzene rings is 1. The number of anilines is 1. The van der Waals surface area contributed by atoms with Crippen molar-refractivity contribution in [1.82, 2.24) is 19.8 Å². The number of hydrogen-bond acceptors (Lipinski definition) is 7. The first-order valence-corrected chi connectivity index (χ1v) is 8.65. The highest BCUT2D eigenvalue weighted by Gasteiger charge is 2.22. The van der Waals surface area contributed by atoms with E-state index >= 15 is 0 Å². The summed E-state index contributed by atoms with van der Waals surface area (Å²) in [7, 11) is 0. The molecule has 0 spiro atoms. The Balaban J connectivity index is 1.61. The van der Waals surface area contributed by atoms with Gasteiger partial charge in [0.2, 0.25) is 6.79 Å². The highest BCUT2D eigenvalue weighted by Crippen LogP contribution is 2.39. The van der Waals surface area contributed by atoms with E-state index in [1.54, 1.807) is 22.7 Å². The lowest BCUT2D eigenvalue weighted by Crippen LogP contribution is -2.17. The van der Waals surface area contributed by atoms with Crippen molar-refractivity contribution in [3.05, 3.63) is 35.7 Å². The number of halogens is 2. The van der Waals surface area contributed by atoms with Crippen LogP contribution in [-0.4, -0.2) is 33.2 Å². The minimum atomic E-state index is -2.94. The van der Waals surface area contributed by atoms with Crippen LogP contribution in [0.25, 0.3) is 5.65 Å². The fraction of sp³-hybridized carbons (Fsp3) is 0.389. The van der Waals surface area contributed by atoms with Crippen LogP contribution in [0.4, 0.5) is 14.6 Å². The van der Waals surface area contributed by atoms with Crippen LogP contribution < -0.4 is 19.5 Å². The quantitative estimate of drug-likeness (QED) is 0.714. The normalized spacial score (nSPS) is 13.4. The van der Waals surface area contributed by atoms with Crippen molar-refractivity contribution < 1.29 is 23.0 Å². The number of hydrogen-bond donors (Lipinski definition) is 1. The number of fused-ring (bicyclic) bond motifs is 2. The fourth-order valence-electron chi connectivity index (χ4n) is 2.85. The van der Waals surface area contributed by atoms with Crippen molar-refractivity contribution in [2.75, 3.05) is 12.1 Å². The molecule has 3 heterocycles. The number of ether oxygens (including phenoxy) is 3. The monoisotopic (exact) mass is 391 g/mol. The minimum absolute atomic E-state index is 0.0208. The third kappa shape index (κ3) is 3.49. The van der Waals surface area contributed by atoms with Gasteiger partial charge in [0.1, 0.15) is 11.6 Å². The standard InChI is InChI=1S/C18H19F2N5O3/c1-18(2,3)16-23-22-15-5-4-14(24-25(15)16)21-8-10-6-12-13(27-9-26-12)7-11(10)28-17(19)20/h4-7,17H,8-9H2,1-3H3,(H,21,24). The van der Waals surface area contributed by atoms with Crippen LogP contribution in [0.3, 0.4) is 0 Å². The molecule has 2 aromatic heterocycles. The Morgan fingerprint density at radius 2 is 1.93 bits per heavy atom. The summed E-state index contributed by atoms with van der Waals surface area (Å²) >= 11 is 0. The lowest BCUT2D eigenvalue weighted by Gasteiger charge is -2.16. The van der Waals surface area contributed by atoms with Crippen molar-refractivity contribution in [1.29, 1.82) is 0 Å². The molecular formula is C18H19F2N5O3. The number of nitrogens with one attached hydrogen (secondary N) is 1. The van der Waals surface area contributed by atoms with Gasteiger partial charge in [-0.25, -0.2) is 0 Å². The SMILES string of the molecule is CC(C)(C)c1nnc2ccc(NCc3cc4c(cc3OC(F)F)OCO4)nn12. The topological polar surface area (TPSA) is 82.8 Å². The van der Waals surface area contributed by atoms with Gasteiger partial charge in [-0.3, -0.25) is 0 Å². The van der Waals surface area contributed by atoms with Crippen molar-refractivity contribution in [3.8, 4) is 17.2 Å². The molecule has 0 bridgehead atoms. The van der Waals surface area contributed by atoms with E-state index in [0.29, 0.717) is 28.5 Å². The molecule has 4 rings (SSSR count). The molecule has 0 aliphatic carbocycles. The van der Waals surface area contributed by atoms with Gasteiger partial charge in [-0.2, -0.15) is 13.3 Å². The highest BCUT2D eigenvalue weighted by molar-refractivity contribution is 5.53. The van der Waals surface area contributed by atoms with Crippen LogP contribution in [0.5, 0.6) is 17.2 Å². The first kappa shape index (κ1) is 18.2. The van der Waals surface area contributed by atoms with Crippen molar-refractivity contribution in [2.45, 2.75) is 39.3 Å². The molecule has 1 aliphatic rings. The zero-order valence-electron chi connectivity index (χ0n) is 15.6. The van der Waals surface area contributed by atoms with Crippen molar-refractivity contribution >= 4 is 11.5 Å². The third-order valence-corrected chi connectivity index (χ3v) is 4.17. The van der Waals surface area contributed by atoms with Crippen LogP contribution >= 0.6 is 0 Å². The van der Waals surface area contributed by atoms with Crippen molar-refractivity contribution in [3.63, 3.8) is 0 Å². The van der Waals surface area contributed by atoms with Gasteiger partial charge in [-0.15, -0.1) is 15.3 Å². The molecule has 0 fully saturated rings. The maximum atomic E-state index is 12.8. The van der Waals surface area contributed by atoms with Gasteiger partial charge < -0.3 is 19.5 Å². The smallest absolute Gasteiger partial charge is 0.387 e. The first-order chi connectivity index (χ1) is 13.3. The highest BCUT2D eigenvalue weighted by atomic mass is 19.3. The zero-order valence-corrected chi connectivity index (χ0v) is 15.6. The Bertz CT molecular complexity index is 1020. The Kier molecular flexibility index (Phi) is 4.40. The average Bonchev–Trinajstić information content (AvgIpc) is 3.24. The van der Waals surface area contributed by atoms with E-state index in [-0.39, 0.29) is 24.5 Å². The van der Waals surface area contributed by atoms with Gasteiger partial charge in [0, 0.05) is 23.6 Å². The summed E-state index contributed by atoms with van der Waals surface area (Å²) in [5.41, 5.74) is 0.882. The van der Waals surface area contributed by atoms with E-state index in [1.165, 1.54) is 6.07 Å². The van der Waals surface area contributed by atoms with E-state index in [1.807, 2.05) is 20.8 Å². The fourth-order valence-corrected chi connectivity index (χ4v) is 2.85. The van der Waals surface area contributed by atoms with Crippen LogP contribution in [0.1, 0.15) is 32.2 Å². The molecule has 8 nitrogen and oxygen atoms in total. The Labute approximate surface area is 159 Å². The van der Waals surface area contributed by atoms with Crippen LogP contribution in [0.2, 0.25) is 0 Å². The summed E-state index contributed by atoms with van der Waals surface area (Å²) in [5, 5.41) is 16.0. The molecule has 148 valence electrons. The van der Waals surface area contributed by atoms with Crippen molar-refractivity contribution in [2.24, 2.45) is 0 Å². The summed E-state index contributed by atoms with van der Waals surface area (Å²) in [6.45, 7) is 3.36. The van der Waals surface area contributed by atoms with Crippen LogP contribution in [0.15, 0.2) is 24.3 Å². The number of rotatable bonds is 5. The molecule has 0 saturated heterocycles. The lowest BCUT2D eigenvalue weighted by molar-refractivity contribution is -0.0504. The molecule has 0 atom stereocenters. The van der Waals surface area contributed by atoms with Crippen LogP contribution in [-0.2, 0) is 12.0 Å². The largest absolute Gasteiger partial charge is 0.454 e. The number of alkyl halides is 2. The Hall–Kier alpha value is -3.17. The van der Waals surface area contributed by atoms with Gasteiger partial charge in [0.25, 0.3) is 0 Å². The second-order valence-corrected chi connectivity index (χ2v) is 7.31. The minimum Gasteiger partial charge on any atom is -0.454 e. The maximum absolute atomic E-state index is 12.8. The summed E-state index contributed by atoms with van der Waals surface area (Å²) in [6, 6.07) is 6.55. The van der Waals surface area contributed by atoms with Gasteiger partial charge in [-0.05, 0) is 18.2 Å². The molecule has 0 unspecified atom stereocenters. The molecule has 1 aliphatic heterocycles.